The van der Waals surface area contributed by atoms with Crippen LogP contribution in [0.5, 0.6) is 0 Å². The molecule has 0 saturated carbocycles. The number of carbonyl (C=O) groups is 1. The van der Waals surface area contributed by atoms with Crippen LogP contribution in [0.2, 0.25) is 0 Å². The Balaban J connectivity index is 4.29. The Morgan fingerprint density at radius 3 is 2.38 bits per heavy atom. The SMILES string of the molecule is CCCCC(C)(C)C=C(C)C(=O)O. The van der Waals surface area contributed by atoms with E-state index in [0.29, 0.717) is 5.57 Å². The fraction of sp³-hybridized carbons (Fsp3) is 0.727. The maximum absolute atomic E-state index is 10.6. The summed E-state index contributed by atoms with van der Waals surface area (Å²) in [5.41, 5.74) is 0.458. The summed E-state index contributed by atoms with van der Waals surface area (Å²) in [6, 6.07) is 0. The van der Waals surface area contributed by atoms with Gasteiger partial charge in [0.2, 0.25) is 0 Å². The van der Waals surface area contributed by atoms with Gasteiger partial charge in [-0.15, -0.1) is 0 Å². The van der Waals surface area contributed by atoms with Crippen LogP contribution in [-0.2, 0) is 4.79 Å². The summed E-state index contributed by atoms with van der Waals surface area (Å²) in [4.78, 5) is 10.6. The van der Waals surface area contributed by atoms with Crippen molar-refractivity contribution in [1.29, 1.82) is 0 Å². The first-order chi connectivity index (χ1) is 5.89. The number of allylic oxidation sites excluding steroid dienone is 1. The third kappa shape index (κ3) is 5.45. The smallest absolute Gasteiger partial charge is 0.330 e. The van der Waals surface area contributed by atoms with Crippen LogP contribution in [0.4, 0.5) is 0 Å². The second-order valence-electron chi connectivity index (χ2n) is 4.22. The van der Waals surface area contributed by atoms with Gasteiger partial charge in [-0.2, -0.15) is 0 Å². The molecule has 0 saturated heterocycles. The van der Waals surface area contributed by atoms with Gasteiger partial charge in [-0.1, -0.05) is 39.7 Å². The first kappa shape index (κ1) is 12.2. The zero-order valence-corrected chi connectivity index (χ0v) is 9.05. The Morgan fingerprint density at radius 2 is 2.00 bits per heavy atom. The number of rotatable bonds is 5. The van der Waals surface area contributed by atoms with Gasteiger partial charge in [0.05, 0.1) is 0 Å². The predicted octanol–water partition coefficient (Wildman–Crippen LogP) is 3.23. The van der Waals surface area contributed by atoms with E-state index < -0.39 is 5.97 Å². The molecule has 0 aliphatic rings. The van der Waals surface area contributed by atoms with E-state index in [9.17, 15) is 4.79 Å². The number of unbranched alkanes of at least 4 members (excludes halogenated alkanes) is 1. The number of hydrogen-bond acceptors (Lipinski definition) is 1. The van der Waals surface area contributed by atoms with Gasteiger partial charge in [0.1, 0.15) is 0 Å². The third-order valence-electron chi connectivity index (χ3n) is 2.12. The van der Waals surface area contributed by atoms with Crippen molar-refractivity contribution in [1.82, 2.24) is 0 Å². The van der Waals surface area contributed by atoms with Crippen LogP contribution >= 0.6 is 0 Å². The molecule has 0 aliphatic heterocycles. The zero-order chi connectivity index (χ0) is 10.5. The Morgan fingerprint density at radius 1 is 1.46 bits per heavy atom. The number of hydrogen-bond donors (Lipinski definition) is 1. The van der Waals surface area contributed by atoms with E-state index in [-0.39, 0.29) is 5.41 Å². The van der Waals surface area contributed by atoms with Gasteiger partial charge in [0.25, 0.3) is 0 Å². The van der Waals surface area contributed by atoms with Crippen molar-refractivity contribution in [2.75, 3.05) is 0 Å². The minimum absolute atomic E-state index is 0.0124. The lowest BCUT2D eigenvalue weighted by atomic mass is 9.85. The Bertz CT molecular complexity index is 202. The molecule has 0 atom stereocenters. The molecule has 0 unspecified atom stereocenters. The van der Waals surface area contributed by atoms with Crippen molar-refractivity contribution in [3.63, 3.8) is 0 Å². The lowest BCUT2D eigenvalue weighted by Gasteiger charge is -2.20. The molecule has 0 fully saturated rings. The normalized spacial score (nSPS) is 13.1. The monoisotopic (exact) mass is 184 g/mol. The van der Waals surface area contributed by atoms with E-state index in [2.05, 4.69) is 20.8 Å². The molecule has 2 heteroatoms. The summed E-state index contributed by atoms with van der Waals surface area (Å²) in [6.07, 6.45) is 5.21. The van der Waals surface area contributed by atoms with E-state index in [1.807, 2.05) is 6.08 Å². The second-order valence-corrected chi connectivity index (χ2v) is 4.22. The maximum Gasteiger partial charge on any atom is 0.330 e. The maximum atomic E-state index is 10.6. The molecule has 0 aliphatic carbocycles. The Kier molecular flexibility index (Phi) is 4.74. The van der Waals surface area contributed by atoms with Crippen LogP contribution in [0.1, 0.15) is 47.0 Å². The van der Waals surface area contributed by atoms with E-state index >= 15 is 0 Å². The van der Waals surface area contributed by atoms with Crippen molar-refractivity contribution >= 4 is 5.97 Å². The highest BCUT2D eigenvalue weighted by molar-refractivity contribution is 5.85. The molecule has 0 aromatic heterocycles. The first-order valence-electron chi connectivity index (χ1n) is 4.82. The Labute approximate surface area is 80.7 Å². The number of carboxylic acids is 1. The second kappa shape index (κ2) is 5.05. The van der Waals surface area contributed by atoms with E-state index in [1.54, 1.807) is 6.92 Å². The van der Waals surface area contributed by atoms with Gasteiger partial charge in [-0.05, 0) is 18.8 Å². The summed E-state index contributed by atoms with van der Waals surface area (Å²) in [7, 11) is 0. The molecule has 1 N–H and O–H groups in total. The standard InChI is InChI=1S/C11H20O2/c1-5-6-7-11(3,4)8-9(2)10(12)13/h8H,5-7H2,1-4H3,(H,12,13). The molecule has 0 rings (SSSR count). The molecular formula is C11H20O2. The van der Waals surface area contributed by atoms with Gasteiger partial charge >= 0.3 is 5.97 Å². The molecule has 0 amide bonds. The zero-order valence-electron chi connectivity index (χ0n) is 9.05. The summed E-state index contributed by atoms with van der Waals surface area (Å²) >= 11 is 0. The lowest BCUT2D eigenvalue weighted by Crippen LogP contribution is -2.10. The van der Waals surface area contributed by atoms with E-state index in [1.165, 1.54) is 0 Å². The summed E-state index contributed by atoms with van der Waals surface area (Å²) in [5, 5.41) is 8.70. The molecule has 0 heterocycles. The third-order valence-corrected chi connectivity index (χ3v) is 2.12. The molecule has 0 spiro atoms. The van der Waals surface area contributed by atoms with Gasteiger partial charge in [-0.25, -0.2) is 4.79 Å². The Hall–Kier alpha value is -0.790. The average molecular weight is 184 g/mol. The molecule has 76 valence electrons. The number of aliphatic carboxylic acids is 1. The molecule has 0 radical (unpaired) electrons. The topological polar surface area (TPSA) is 37.3 Å². The minimum atomic E-state index is -0.815. The number of carboxylic acid groups (broad SMARTS) is 1. The predicted molar refractivity (Wildman–Crippen MR) is 54.7 cm³/mol. The summed E-state index contributed by atoms with van der Waals surface area (Å²) < 4.78 is 0. The fourth-order valence-electron chi connectivity index (χ4n) is 1.35. The van der Waals surface area contributed by atoms with Crippen LogP contribution in [0.25, 0.3) is 0 Å². The quantitative estimate of drug-likeness (QED) is 0.666. The van der Waals surface area contributed by atoms with Crippen molar-refractivity contribution in [3.8, 4) is 0 Å². The molecule has 0 bridgehead atoms. The lowest BCUT2D eigenvalue weighted by molar-refractivity contribution is -0.132. The van der Waals surface area contributed by atoms with E-state index in [4.69, 9.17) is 5.11 Å². The van der Waals surface area contributed by atoms with Gasteiger partial charge in [0, 0.05) is 5.57 Å². The summed E-state index contributed by atoms with van der Waals surface area (Å²) in [6.45, 7) is 7.95. The molecule has 0 aromatic carbocycles. The van der Waals surface area contributed by atoms with Crippen LogP contribution in [-0.4, -0.2) is 11.1 Å². The van der Waals surface area contributed by atoms with Crippen LogP contribution in [0.3, 0.4) is 0 Å². The van der Waals surface area contributed by atoms with Crippen molar-refractivity contribution in [2.24, 2.45) is 5.41 Å². The van der Waals surface area contributed by atoms with Crippen LogP contribution in [0.15, 0.2) is 11.6 Å². The van der Waals surface area contributed by atoms with Crippen LogP contribution < -0.4 is 0 Å². The van der Waals surface area contributed by atoms with Crippen LogP contribution in [0, 0.1) is 5.41 Å². The van der Waals surface area contributed by atoms with Crippen molar-refractivity contribution < 1.29 is 9.90 Å². The van der Waals surface area contributed by atoms with Gasteiger partial charge in [-0.3, -0.25) is 0 Å². The van der Waals surface area contributed by atoms with E-state index in [0.717, 1.165) is 19.3 Å². The molecule has 13 heavy (non-hydrogen) atoms. The summed E-state index contributed by atoms with van der Waals surface area (Å²) in [5.74, 6) is -0.815. The minimum Gasteiger partial charge on any atom is -0.478 e. The average Bonchev–Trinajstić information content (AvgIpc) is 2.00. The molecular weight excluding hydrogens is 164 g/mol. The highest BCUT2D eigenvalue weighted by Crippen LogP contribution is 2.26. The molecule has 0 aromatic rings. The highest BCUT2D eigenvalue weighted by atomic mass is 16.4. The van der Waals surface area contributed by atoms with Gasteiger partial charge < -0.3 is 5.11 Å². The van der Waals surface area contributed by atoms with Gasteiger partial charge in [0.15, 0.2) is 0 Å². The van der Waals surface area contributed by atoms with Crippen molar-refractivity contribution in [3.05, 3.63) is 11.6 Å². The van der Waals surface area contributed by atoms with Crippen molar-refractivity contribution in [2.45, 2.75) is 47.0 Å². The highest BCUT2D eigenvalue weighted by Gasteiger charge is 2.15. The molecule has 2 nitrogen and oxygen atoms in total. The first-order valence-corrected chi connectivity index (χ1v) is 4.82. The fourth-order valence-corrected chi connectivity index (χ4v) is 1.35. The largest absolute Gasteiger partial charge is 0.478 e.